The van der Waals surface area contributed by atoms with Gasteiger partial charge in [-0.05, 0) is 35.7 Å². The molecule has 1 amide bonds. The Balaban J connectivity index is 1.41. The topological polar surface area (TPSA) is 85.8 Å². The number of hydrogen-bond donors (Lipinski definition) is 4. The van der Waals surface area contributed by atoms with Crippen molar-refractivity contribution in [1.82, 2.24) is 16.3 Å². The van der Waals surface area contributed by atoms with Crippen LogP contribution in [0.25, 0.3) is 10.8 Å². The molecule has 4 N–H and O–H groups in total. The highest BCUT2D eigenvalue weighted by atomic mass is 16.3. The van der Waals surface area contributed by atoms with Crippen LogP contribution in [0.1, 0.15) is 29.2 Å². The average Bonchev–Trinajstić information content (AvgIpc) is 3.20. The van der Waals surface area contributed by atoms with Crippen LogP contribution in [0.15, 0.2) is 65.8 Å². The molecule has 1 aliphatic rings. The molecule has 3 aromatic carbocycles. The number of amides is 1. The lowest BCUT2D eigenvalue weighted by Gasteiger charge is -2.09. The Morgan fingerprint density at radius 1 is 1.11 bits per heavy atom. The van der Waals surface area contributed by atoms with Crippen LogP contribution in [-0.4, -0.2) is 23.3 Å². The van der Waals surface area contributed by atoms with Crippen LogP contribution in [0.4, 0.5) is 0 Å². The molecule has 0 aromatic heterocycles. The molecule has 28 heavy (non-hydrogen) atoms. The molecule has 1 heterocycles. The fourth-order valence-electron chi connectivity index (χ4n) is 3.40. The molecule has 0 bridgehead atoms. The summed E-state index contributed by atoms with van der Waals surface area (Å²) in [6.45, 7) is 2.05. The lowest BCUT2D eigenvalue weighted by atomic mass is 10.0. The summed E-state index contributed by atoms with van der Waals surface area (Å²) < 4.78 is 0. The van der Waals surface area contributed by atoms with Gasteiger partial charge in [0, 0.05) is 11.6 Å². The first-order valence-electron chi connectivity index (χ1n) is 9.23. The van der Waals surface area contributed by atoms with Crippen molar-refractivity contribution in [3.05, 3.63) is 77.4 Å². The first-order valence-corrected chi connectivity index (χ1v) is 9.23. The van der Waals surface area contributed by atoms with Gasteiger partial charge in [0.1, 0.15) is 11.8 Å². The summed E-state index contributed by atoms with van der Waals surface area (Å²) in [6.07, 6.45) is 2.11. The molecule has 1 saturated heterocycles. The minimum Gasteiger partial charge on any atom is -0.507 e. The molecule has 1 fully saturated rings. The number of phenolic OH excluding ortho intramolecular Hbond substituents is 1. The summed E-state index contributed by atoms with van der Waals surface area (Å²) in [7, 11) is 0. The van der Waals surface area contributed by atoms with E-state index in [9.17, 15) is 9.90 Å². The van der Waals surface area contributed by atoms with Gasteiger partial charge in [-0.1, -0.05) is 60.2 Å². The van der Waals surface area contributed by atoms with E-state index >= 15 is 0 Å². The Morgan fingerprint density at radius 3 is 2.71 bits per heavy atom. The van der Waals surface area contributed by atoms with Crippen LogP contribution in [0.5, 0.6) is 5.75 Å². The van der Waals surface area contributed by atoms with E-state index in [-0.39, 0.29) is 23.7 Å². The van der Waals surface area contributed by atoms with Crippen LogP contribution in [0.3, 0.4) is 0 Å². The number of phenols is 1. The third-order valence-electron chi connectivity index (χ3n) is 5.02. The molecule has 6 heteroatoms. The number of carbonyl (C=O) groups excluding carboxylic acids is 1. The number of hydrazine groups is 1. The molecule has 2 atom stereocenters. The zero-order valence-electron chi connectivity index (χ0n) is 15.5. The molecule has 2 unspecified atom stereocenters. The second kappa shape index (κ2) is 7.80. The standard InChI is InChI=1S/C22H22N4O2/c1-14-6-8-16(9-7-14)19-12-20(25-24-19)22(28)26-23-13-18-17-5-3-2-4-15(17)10-11-21(18)27/h2-11,13,19-20,24-25,27H,12H2,1H3,(H,26,28)/b23-13+. The van der Waals surface area contributed by atoms with Gasteiger partial charge in [0.25, 0.3) is 5.91 Å². The summed E-state index contributed by atoms with van der Waals surface area (Å²) in [4.78, 5) is 12.4. The molecule has 0 radical (unpaired) electrons. The molecule has 0 spiro atoms. The number of benzene rings is 3. The summed E-state index contributed by atoms with van der Waals surface area (Å²) in [5, 5.41) is 16.1. The highest BCUT2D eigenvalue weighted by Crippen LogP contribution is 2.25. The number of aromatic hydroxyl groups is 1. The van der Waals surface area contributed by atoms with Crippen LogP contribution in [0, 0.1) is 6.92 Å². The Hall–Kier alpha value is -3.22. The summed E-state index contributed by atoms with van der Waals surface area (Å²) in [5.74, 6) is -0.102. The zero-order chi connectivity index (χ0) is 19.5. The maximum atomic E-state index is 12.4. The van der Waals surface area contributed by atoms with Crippen LogP contribution in [-0.2, 0) is 4.79 Å². The first-order chi connectivity index (χ1) is 13.6. The molecular weight excluding hydrogens is 352 g/mol. The molecule has 0 saturated carbocycles. The number of nitrogens with one attached hydrogen (secondary N) is 3. The van der Waals surface area contributed by atoms with Crippen LogP contribution < -0.4 is 16.3 Å². The van der Waals surface area contributed by atoms with Gasteiger partial charge in [-0.25, -0.2) is 16.3 Å². The van der Waals surface area contributed by atoms with Crippen molar-refractivity contribution < 1.29 is 9.90 Å². The Labute approximate surface area is 163 Å². The van der Waals surface area contributed by atoms with E-state index in [4.69, 9.17) is 0 Å². The second-order valence-corrected chi connectivity index (χ2v) is 6.99. The van der Waals surface area contributed by atoms with Gasteiger partial charge in [-0.3, -0.25) is 4.79 Å². The van der Waals surface area contributed by atoms with Gasteiger partial charge >= 0.3 is 0 Å². The molecule has 6 nitrogen and oxygen atoms in total. The smallest absolute Gasteiger partial charge is 0.258 e. The Morgan fingerprint density at radius 2 is 1.89 bits per heavy atom. The van der Waals surface area contributed by atoms with Crippen LogP contribution >= 0.6 is 0 Å². The second-order valence-electron chi connectivity index (χ2n) is 6.99. The lowest BCUT2D eigenvalue weighted by Crippen LogP contribution is -2.41. The molecule has 3 aromatic rings. The third kappa shape index (κ3) is 3.74. The number of hydrogen-bond acceptors (Lipinski definition) is 5. The number of fused-ring (bicyclic) bond motifs is 1. The van der Waals surface area contributed by atoms with Crippen molar-refractivity contribution in [3.8, 4) is 5.75 Å². The molecular formula is C22H22N4O2. The van der Waals surface area contributed by atoms with E-state index in [0.29, 0.717) is 12.0 Å². The largest absolute Gasteiger partial charge is 0.507 e. The third-order valence-corrected chi connectivity index (χ3v) is 5.02. The van der Waals surface area contributed by atoms with E-state index < -0.39 is 0 Å². The molecule has 142 valence electrons. The first kappa shape index (κ1) is 18.2. The maximum absolute atomic E-state index is 12.4. The van der Waals surface area contributed by atoms with Gasteiger partial charge in [-0.2, -0.15) is 5.10 Å². The molecule has 1 aliphatic heterocycles. The number of hydrazone groups is 1. The zero-order valence-corrected chi connectivity index (χ0v) is 15.5. The number of rotatable bonds is 4. The van der Waals surface area contributed by atoms with E-state index in [2.05, 4.69) is 45.6 Å². The van der Waals surface area contributed by atoms with Gasteiger partial charge < -0.3 is 5.11 Å². The Kier molecular flexibility index (Phi) is 5.06. The highest BCUT2D eigenvalue weighted by molar-refractivity contribution is 6.02. The van der Waals surface area contributed by atoms with Crippen molar-refractivity contribution >= 4 is 22.9 Å². The number of aryl methyl sites for hydroxylation is 1. The number of carbonyl (C=O) groups is 1. The SMILES string of the molecule is Cc1ccc(C2CC(C(=O)N/N=C/c3c(O)ccc4ccccc34)NN2)cc1. The predicted molar refractivity (Wildman–Crippen MR) is 110 cm³/mol. The van der Waals surface area contributed by atoms with Gasteiger partial charge in [0.15, 0.2) is 0 Å². The summed E-state index contributed by atoms with van der Waals surface area (Å²) >= 11 is 0. The van der Waals surface area contributed by atoms with Gasteiger partial charge in [0.05, 0.1) is 6.21 Å². The van der Waals surface area contributed by atoms with Crippen molar-refractivity contribution in [2.45, 2.75) is 25.4 Å². The van der Waals surface area contributed by atoms with Gasteiger partial charge in [0.2, 0.25) is 0 Å². The van der Waals surface area contributed by atoms with Gasteiger partial charge in [-0.15, -0.1) is 0 Å². The Bertz CT molecular complexity index is 1030. The molecule has 0 aliphatic carbocycles. The van der Waals surface area contributed by atoms with Crippen molar-refractivity contribution in [2.75, 3.05) is 0 Å². The predicted octanol–water partition coefficient (Wildman–Crippen LogP) is 2.91. The highest BCUT2D eigenvalue weighted by Gasteiger charge is 2.29. The lowest BCUT2D eigenvalue weighted by molar-refractivity contribution is -0.122. The average molecular weight is 374 g/mol. The fraction of sp³-hybridized carbons (Fsp3) is 0.182. The van der Waals surface area contributed by atoms with Crippen molar-refractivity contribution in [1.29, 1.82) is 0 Å². The monoisotopic (exact) mass is 374 g/mol. The van der Waals surface area contributed by atoms with Crippen LogP contribution in [0.2, 0.25) is 0 Å². The van der Waals surface area contributed by atoms with Crippen molar-refractivity contribution in [3.63, 3.8) is 0 Å². The minimum atomic E-state index is -0.385. The number of nitrogens with zero attached hydrogens (tertiary/aromatic N) is 1. The van der Waals surface area contributed by atoms with E-state index in [1.807, 2.05) is 37.3 Å². The minimum absolute atomic E-state index is 0.0717. The summed E-state index contributed by atoms with van der Waals surface area (Å²) in [5.41, 5.74) is 11.7. The van der Waals surface area contributed by atoms with Crippen molar-refractivity contribution in [2.24, 2.45) is 5.10 Å². The van der Waals surface area contributed by atoms with E-state index in [1.165, 1.54) is 11.8 Å². The molecule has 4 rings (SSSR count). The summed E-state index contributed by atoms with van der Waals surface area (Å²) in [6, 6.07) is 19.1. The normalized spacial score (nSPS) is 19.3. The maximum Gasteiger partial charge on any atom is 0.258 e. The quantitative estimate of drug-likeness (QED) is 0.418. The fourth-order valence-corrected chi connectivity index (χ4v) is 3.40. The van der Waals surface area contributed by atoms with E-state index in [0.717, 1.165) is 16.3 Å². The van der Waals surface area contributed by atoms with E-state index in [1.54, 1.807) is 6.07 Å².